The quantitative estimate of drug-likeness (QED) is 0.378. The topological polar surface area (TPSA) is 104 Å². The third-order valence-corrected chi connectivity index (χ3v) is 7.51. The Bertz CT molecular complexity index is 1250. The molecule has 1 unspecified atom stereocenters. The molecule has 0 saturated carbocycles. The molecule has 0 aliphatic rings. The van der Waals surface area contributed by atoms with E-state index >= 15 is 0 Å². The number of amides is 2. The number of sulfonamides is 1. The molecule has 37 heavy (non-hydrogen) atoms. The third kappa shape index (κ3) is 8.72. The smallest absolute Gasteiger partial charge is 0.244 e. The van der Waals surface area contributed by atoms with Crippen LogP contribution < -0.4 is 9.62 Å². The highest BCUT2D eigenvalue weighted by Gasteiger charge is 2.32. The van der Waals surface area contributed by atoms with E-state index in [2.05, 4.69) is 5.32 Å². The second-order valence-electron chi connectivity index (χ2n) is 9.21. The van der Waals surface area contributed by atoms with Gasteiger partial charge in [0, 0.05) is 18.7 Å². The van der Waals surface area contributed by atoms with Gasteiger partial charge in [0.1, 0.15) is 12.6 Å². The fraction of sp³-hybridized carbons (Fsp3) is 0.423. The number of Topliss-reactive ketones (excluding diaryl/α,β-unsaturated/α-hetero) is 1. The van der Waals surface area contributed by atoms with Crippen molar-refractivity contribution in [1.82, 2.24) is 10.2 Å². The number of anilines is 1. The zero-order valence-electron chi connectivity index (χ0n) is 21.6. The minimum atomic E-state index is -3.91. The predicted octanol–water partition coefficient (Wildman–Crippen LogP) is 4.54. The minimum absolute atomic E-state index is 0.00835. The molecular formula is C26H33Cl2N3O5S. The van der Waals surface area contributed by atoms with Gasteiger partial charge in [0.2, 0.25) is 21.8 Å². The molecule has 0 spiro atoms. The Labute approximate surface area is 229 Å². The lowest BCUT2D eigenvalue weighted by molar-refractivity contribution is -0.140. The van der Waals surface area contributed by atoms with Gasteiger partial charge in [0.25, 0.3) is 0 Å². The molecule has 0 heterocycles. The van der Waals surface area contributed by atoms with Crippen LogP contribution in [0.5, 0.6) is 0 Å². The van der Waals surface area contributed by atoms with Crippen molar-refractivity contribution in [1.29, 1.82) is 0 Å². The lowest BCUT2D eigenvalue weighted by Gasteiger charge is -2.33. The predicted molar refractivity (Wildman–Crippen MR) is 148 cm³/mol. The Hall–Kier alpha value is -2.62. The average molecular weight is 571 g/mol. The normalized spacial score (nSPS) is 12.2. The number of carbonyl (C=O) groups is 3. The molecule has 1 N–H and O–H groups in total. The van der Waals surface area contributed by atoms with Crippen LogP contribution in [0.4, 0.5) is 5.69 Å². The highest BCUT2D eigenvalue weighted by molar-refractivity contribution is 7.92. The van der Waals surface area contributed by atoms with Crippen LogP contribution in [0.1, 0.15) is 50.0 Å². The van der Waals surface area contributed by atoms with Crippen LogP contribution in [0.15, 0.2) is 42.5 Å². The molecule has 11 heteroatoms. The largest absolute Gasteiger partial charge is 0.354 e. The molecule has 0 radical (unpaired) electrons. The van der Waals surface area contributed by atoms with Gasteiger partial charge in [-0.2, -0.15) is 0 Å². The monoisotopic (exact) mass is 569 g/mol. The number of hydrogen-bond donors (Lipinski definition) is 1. The fourth-order valence-electron chi connectivity index (χ4n) is 3.67. The van der Waals surface area contributed by atoms with Crippen LogP contribution in [0, 0.1) is 5.92 Å². The fourth-order valence-corrected chi connectivity index (χ4v) is 4.83. The maximum absolute atomic E-state index is 13.7. The van der Waals surface area contributed by atoms with E-state index in [0.29, 0.717) is 34.1 Å². The van der Waals surface area contributed by atoms with E-state index < -0.39 is 28.5 Å². The van der Waals surface area contributed by atoms with Crippen LogP contribution >= 0.6 is 23.2 Å². The maximum atomic E-state index is 13.7. The molecule has 2 amide bonds. The van der Waals surface area contributed by atoms with Crippen LogP contribution in [0.25, 0.3) is 0 Å². The number of halogens is 2. The Kier molecular flexibility index (Phi) is 11.0. The molecule has 2 aromatic rings. The van der Waals surface area contributed by atoms with Gasteiger partial charge < -0.3 is 10.2 Å². The van der Waals surface area contributed by atoms with Crippen molar-refractivity contribution in [3.05, 3.63) is 63.6 Å². The van der Waals surface area contributed by atoms with Crippen molar-refractivity contribution in [2.24, 2.45) is 5.92 Å². The summed E-state index contributed by atoms with van der Waals surface area (Å²) in [5.74, 6) is -0.962. The lowest BCUT2D eigenvalue weighted by Crippen LogP contribution is -2.52. The van der Waals surface area contributed by atoms with Crippen molar-refractivity contribution in [3.8, 4) is 0 Å². The molecule has 0 bridgehead atoms. The highest BCUT2D eigenvalue weighted by Crippen LogP contribution is 2.25. The molecule has 8 nitrogen and oxygen atoms in total. The Morgan fingerprint density at radius 2 is 1.70 bits per heavy atom. The van der Waals surface area contributed by atoms with Crippen molar-refractivity contribution >= 4 is 56.5 Å². The molecule has 0 aromatic heterocycles. The van der Waals surface area contributed by atoms with Gasteiger partial charge in [-0.05, 0) is 49.1 Å². The zero-order valence-corrected chi connectivity index (χ0v) is 24.0. The van der Waals surface area contributed by atoms with Crippen molar-refractivity contribution in [3.63, 3.8) is 0 Å². The van der Waals surface area contributed by atoms with Crippen LogP contribution in [-0.4, -0.2) is 56.3 Å². The van der Waals surface area contributed by atoms with Gasteiger partial charge in [-0.1, -0.05) is 62.2 Å². The van der Waals surface area contributed by atoms with Crippen LogP contribution in [0.2, 0.25) is 10.0 Å². The van der Waals surface area contributed by atoms with E-state index in [0.717, 1.165) is 10.6 Å². The van der Waals surface area contributed by atoms with E-state index in [9.17, 15) is 22.8 Å². The summed E-state index contributed by atoms with van der Waals surface area (Å²) in [6, 6.07) is 10.1. The molecule has 2 rings (SSSR count). The summed E-state index contributed by atoms with van der Waals surface area (Å²) >= 11 is 12.2. The maximum Gasteiger partial charge on any atom is 0.244 e. The number of ketones is 1. The summed E-state index contributed by atoms with van der Waals surface area (Å²) in [5, 5.41) is 3.50. The number of carbonyl (C=O) groups excluding carboxylic acids is 3. The van der Waals surface area contributed by atoms with E-state index in [-0.39, 0.29) is 29.8 Å². The van der Waals surface area contributed by atoms with Gasteiger partial charge in [-0.15, -0.1) is 0 Å². The van der Waals surface area contributed by atoms with E-state index in [1.54, 1.807) is 37.3 Å². The summed E-state index contributed by atoms with van der Waals surface area (Å²) < 4.78 is 26.4. The van der Waals surface area contributed by atoms with Crippen LogP contribution in [0.3, 0.4) is 0 Å². The molecule has 202 valence electrons. The first kappa shape index (κ1) is 30.6. The van der Waals surface area contributed by atoms with Crippen LogP contribution in [-0.2, 0) is 26.2 Å². The van der Waals surface area contributed by atoms with E-state index in [1.165, 1.54) is 24.0 Å². The second kappa shape index (κ2) is 13.3. The minimum Gasteiger partial charge on any atom is -0.354 e. The summed E-state index contributed by atoms with van der Waals surface area (Å²) in [5.41, 5.74) is 1.11. The standard InChI is InChI=1S/C26H33Cl2N3O5S/c1-6-24(26(34)29-14-17(2)3)30(15-19-10-11-22(27)23(28)12-19)25(33)16-31(37(5,35)36)21-9-7-8-20(13-21)18(4)32/h7-13,17,24H,6,14-16H2,1-5H3,(H,29,34). The first-order valence-corrected chi connectivity index (χ1v) is 14.4. The summed E-state index contributed by atoms with van der Waals surface area (Å²) in [6.07, 6.45) is 1.28. The second-order valence-corrected chi connectivity index (χ2v) is 11.9. The first-order valence-electron chi connectivity index (χ1n) is 11.8. The van der Waals surface area contributed by atoms with E-state index in [4.69, 9.17) is 23.2 Å². The SMILES string of the molecule is CCC(C(=O)NCC(C)C)N(Cc1ccc(Cl)c(Cl)c1)C(=O)CN(c1cccc(C(C)=O)c1)S(C)(=O)=O. The Balaban J connectivity index is 2.48. The molecule has 0 aliphatic heterocycles. The molecule has 2 aromatic carbocycles. The van der Waals surface area contributed by atoms with E-state index in [1.807, 2.05) is 13.8 Å². The number of hydrogen-bond acceptors (Lipinski definition) is 5. The summed E-state index contributed by atoms with van der Waals surface area (Å²) in [7, 11) is -3.91. The molecule has 0 aliphatic carbocycles. The van der Waals surface area contributed by atoms with Gasteiger partial charge >= 0.3 is 0 Å². The van der Waals surface area contributed by atoms with Gasteiger partial charge in [-0.25, -0.2) is 8.42 Å². The summed E-state index contributed by atoms with van der Waals surface area (Å²) in [4.78, 5) is 40.0. The number of benzene rings is 2. The summed E-state index contributed by atoms with van der Waals surface area (Å²) in [6.45, 7) is 6.94. The Morgan fingerprint density at radius 1 is 1.03 bits per heavy atom. The highest BCUT2D eigenvalue weighted by atomic mass is 35.5. The first-order chi connectivity index (χ1) is 17.2. The van der Waals surface area contributed by atoms with Gasteiger partial charge in [0.05, 0.1) is 22.0 Å². The van der Waals surface area contributed by atoms with Crippen molar-refractivity contribution < 1.29 is 22.8 Å². The molecular weight excluding hydrogens is 537 g/mol. The number of rotatable bonds is 12. The lowest BCUT2D eigenvalue weighted by atomic mass is 10.1. The number of nitrogens with one attached hydrogen (secondary N) is 1. The van der Waals surface area contributed by atoms with Crippen molar-refractivity contribution in [2.45, 2.75) is 46.7 Å². The number of nitrogens with zero attached hydrogens (tertiary/aromatic N) is 2. The van der Waals surface area contributed by atoms with Gasteiger partial charge in [0.15, 0.2) is 5.78 Å². The molecule has 1 atom stereocenters. The van der Waals surface area contributed by atoms with Gasteiger partial charge in [-0.3, -0.25) is 18.7 Å². The molecule has 0 saturated heterocycles. The zero-order chi connectivity index (χ0) is 27.9. The van der Waals surface area contributed by atoms with Crippen molar-refractivity contribution in [2.75, 3.05) is 23.7 Å². The Morgan fingerprint density at radius 3 is 2.24 bits per heavy atom. The average Bonchev–Trinajstić information content (AvgIpc) is 2.82. The third-order valence-electron chi connectivity index (χ3n) is 5.63. The molecule has 0 fully saturated rings.